The van der Waals surface area contributed by atoms with Gasteiger partial charge in [0.05, 0.1) is 0 Å². The van der Waals surface area contributed by atoms with Crippen LogP contribution < -0.4 is 0 Å². The standard InChI is InChI=1S/C9H10O.Al.3H/c1-2-3-8-4-6-9(10)7-5-8;;;;/h2,4-7,10H,1,3H2;;;;. The minimum atomic E-state index is 0. The fourth-order valence-electron chi connectivity index (χ4n) is 0.799. The van der Waals surface area contributed by atoms with Crippen LogP contribution in [0.15, 0.2) is 36.9 Å². The largest absolute Gasteiger partial charge is 0.508 e. The molecule has 0 aliphatic rings. The van der Waals surface area contributed by atoms with Crippen LogP contribution in [0.1, 0.15) is 5.56 Å². The zero-order valence-corrected chi connectivity index (χ0v) is 5.75. The highest BCUT2D eigenvalue weighted by Gasteiger charge is 1.87. The van der Waals surface area contributed by atoms with E-state index in [1.807, 2.05) is 18.2 Å². The Morgan fingerprint density at radius 3 is 2.27 bits per heavy atom. The molecule has 0 spiro atoms. The number of phenols is 1. The quantitative estimate of drug-likeness (QED) is 0.509. The normalized spacial score (nSPS) is 8.36. The molecule has 0 aliphatic carbocycles. The highest BCUT2D eigenvalue weighted by molar-refractivity contribution is 5.75. The van der Waals surface area contributed by atoms with Crippen molar-refractivity contribution >= 4 is 17.4 Å². The fraction of sp³-hybridized carbons (Fsp3) is 0.111. The van der Waals surface area contributed by atoms with Crippen LogP contribution in [0, 0.1) is 0 Å². The van der Waals surface area contributed by atoms with Crippen molar-refractivity contribution in [2.45, 2.75) is 6.42 Å². The topological polar surface area (TPSA) is 20.2 Å². The van der Waals surface area contributed by atoms with Crippen LogP contribution in [0.25, 0.3) is 0 Å². The molecule has 2 heteroatoms. The minimum absolute atomic E-state index is 0. The minimum Gasteiger partial charge on any atom is -0.508 e. The highest BCUT2D eigenvalue weighted by Crippen LogP contribution is 2.09. The van der Waals surface area contributed by atoms with Crippen LogP contribution in [-0.2, 0) is 6.42 Å². The second kappa shape index (κ2) is 5.01. The highest BCUT2D eigenvalue weighted by atomic mass is 27.0. The van der Waals surface area contributed by atoms with E-state index in [0.29, 0.717) is 5.75 Å². The summed E-state index contributed by atoms with van der Waals surface area (Å²) in [7, 11) is 0. The van der Waals surface area contributed by atoms with Crippen LogP contribution in [0.5, 0.6) is 5.75 Å². The van der Waals surface area contributed by atoms with Crippen molar-refractivity contribution in [2.24, 2.45) is 0 Å². The van der Waals surface area contributed by atoms with Crippen molar-refractivity contribution in [3.8, 4) is 5.75 Å². The molecule has 0 heterocycles. The average Bonchev–Trinajstić information content (AvgIpc) is 1.95. The molecule has 1 rings (SSSR count). The molecule has 0 amide bonds. The summed E-state index contributed by atoms with van der Waals surface area (Å²) < 4.78 is 0. The van der Waals surface area contributed by atoms with Crippen LogP contribution in [-0.4, -0.2) is 22.5 Å². The number of aromatic hydroxyl groups is 1. The molecule has 11 heavy (non-hydrogen) atoms. The molecule has 0 radical (unpaired) electrons. The molecule has 0 bridgehead atoms. The summed E-state index contributed by atoms with van der Waals surface area (Å²) in [6, 6.07) is 7.13. The third kappa shape index (κ3) is 3.27. The molecule has 0 aliphatic heterocycles. The molecule has 0 saturated heterocycles. The number of rotatable bonds is 2. The molecule has 1 N–H and O–H groups in total. The number of phenolic OH excluding ortho intramolecular Hbond substituents is 1. The lowest BCUT2D eigenvalue weighted by Gasteiger charge is -1.94. The fourth-order valence-corrected chi connectivity index (χ4v) is 0.799. The van der Waals surface area contributed by atoms with E-state index < -0.39 is 0 Å². The number of allylic oxidation sites excluding steroid dienone is 1. The van der Waals surface area contributed by atoms with Gasteiger partial charge in [0.2, 0.25) is 0 Å². The molecule has 1 nitrogen and oxygen atoms in total. The molecule has 1 aromatic carbocycles. The van der Waals surface area contributed by atoms with Gasteiger partial charge >= 0.3 is 0 Å². The Bertz CT molecular complexity index is 216. The van der Waals surface area contributed by atoms with E-state index in [2.05, 4.69) is 6.58 Å². The molecule has 0 atom stereocenters. The van der Waals surface area contributed by atoms with Crippen LogP contribution in [0.3, 0.4) is 0 Å². The molecule has 0 saturated carbocycles. The van der Waals surface area contributed by atoms with Crippen LogP contribution >= 0.6 is 0 Å². The molecular weight excluding hydrogens is 151 g/mol. The van der Waals surface area contributed by atoms with E-state index in [9.17, 15) is 0 Å². The van der Waals surface area contributed by atoms with Crippen molar-refractivity contribution in [3.63, 3.8) is 0 Å². The first-order valence-corrected chi connectivity index (χ1v) is 3.22. The predicted octanol–water partition coefficient (Wildman–Crippen LogP) is 0.937. The van der Waals surface area contributed by atoms with E-state index in [0.717, 1.165) is 6.42 Å². The van der Waals surface area contributed by atoms with Crippen molar-refractivity contribution in [3.05, 3.63) is 42.5 Å². The first-order chi connectivity index (χ1) is 4.83. The molecule has 0 unspecified atom stereocenters. The van der Waals surface area contributed by atoms with Crippen molar-refractivity contribution in [2.75, 3.05) is 0 Å². The van der Waals surface area contributed by atoms with E-state index >= 15 is 0 Å². The Kier molecular flexibility index (Phi) is 4.69. The summed E-state index contributed by atoms with van der Waals surface area (Å²) in [5.74, 6) is 0.313. The number of hydrogen-bond acceptors (Lipinski definition) is 1. The third-order valence-corrected chi connectivity index (χ3v) is 1.32. The van der Waals surface area contributed by atoms with Gasteiger partial charge in [0.15, 0.2) is 17.4 Å². The Labute approximate surface area is 77.5 Å². The van der Waals surface area contributed by atoms with Gasteiger partial charge in [-0.3, -0.25) is 0 Å². The van der Waals surface area contributed by atoms with Gasteiger partial charge in [-0.25, -0.2) is 0 Å². The maximum absolute atomic E-state index is 8.90. The zero-order valence-electron chi connectivity index (χ0n) is 5.75. The van der Waals surface area contributed by atoms with Gasteiger partial charge < -0.3 is 5.11 Å². The van der Waals surface area contributed by atoms with Gasteiger partial charge in [-0.1, -0.05) is 18.2 Å². The predicted molar refractivity (Wildman–Crippen MR) is 51.9 cm³/mol. The maximum Gasteiger partial charge on any atom is 0.187 e. The van der Waals surface area contributed by atoms with E-state index in [4.69, 9.17) is 5.11 Å². The summed E-state index contributed by atoms with van der Waals surface area (Å²) in [6.07, 6.45) is 2.70. The Hall–Kier alpha value is -0.708. The molecule has 0 fully saturated rings. The summed E-state index contributed by atoms with van der Waals surface area (Å²) >= 11 is 0. The second-order valence-corrected chi connectivity index (χ2v) is 2.16. The smallest absolute Gasteiger partial charge is 0.187 e. The first-order valence-electron chi connectivity index (χ1n) is 3.22. The third-order valence-electron chi connectivity index (χ3n) is 1.32. The van der Waals surface area contributed by atoms with E-state index in [1.165, 1.54) is 5.56 Å². The Morgan fingerprint density at radius 1 is 1.27 bits per heavy atom. The lowest BCUT2D eigenvalue weighted by molar-refractivity contribution is 0.475. The first kappa shape index (κ1) is 10.3. The van der Waals surface area contributed by atoms with Crippen LogP contribution in [0.2, 0.25) is 0 Å². The van der Waals surface area contributed by atoms with Gasteiger partial charge in [0, 0.05) is 0 Å². The second-order valence-electron chi connectivity index (χ2n) is 2.16. The summed E-state index contributed by atoms with van der Waals surface area (Å²) in [5, 5.41) is 8.90. The summed E-state index contributed by atoms with van der Waals surface area (Å²) in [4.78, 5) is 0. The number of hydrogen-bond donors (Lipinski definition) is 1. The average molecular weight is 164 g/mol. The lowest BCUT2D eigenvalue weighted by Crippen LogP contribution is -1.77. The zero-order chi connectivity index (χ0) is 7.40. The summed E-state index contributed by atoms with van der Waals surface area (Å²) in [5.41, 5.74) is 1.17. The molecule has 0 aromatic heterocycles. The number of benzene rings is 1. The molecule has 1 aromatic rings. The van der Waals surface area contributed by atoms with Crippen molar-refractivity contribution in [1.82, 2.24) is 0 Å². The SMILES string of the molecule is C=CCc1ccc(O)cc1.[AlH3]. The Balaban J connectivity index is 0.000001000. The van der Waals surface area contributed by atoms with Gasteiger partial charge in [-0.05, 0) is 24.1 Å². The molecule has 58 valence electrons. The summed E-state index contributed by atoms with van der Waals surface area (Å²) in [6.45, 7) is 3.62. The van der Waals surface area contributed by atoms with E-state index in [-0.39, 0.29) is 17.4 Å². The Morgan fingerprint density at radius 2 is 1.82 bits per heavy atom. The maximum atomic E-state index is 8.90. The lowest BCUT2D eigenvalue weighted by atomic mass is 10.1. The van der Waals surface area contributed by atoms with Gasteiger partial charge in [0.1, 0.15) is 5.75 Å². The van der Waals surface area contributed by atoms with Gasteiger partial charge in [-0.2, -0.15) is 0 Å². The molecular formula is C9H13AlO. The monoisotopic (exact) mass is 164 g/mol. The van der Waals surface area contributed by atoms with Gasteiger partial charge in [0.25, 0.3) is 0 Å². The van der Waals surface area contributed by atoms with Crippen LogP contribution in [0.4, 0.5) is 0 Å². The van der Waals surface area contributed by atoms with E-state index in [1.54, 1.807) is 12.1 Å². The van der Waals surface area contributed by atoms with Crippen molar-refractivity contribution in [1.29, 1.82) is 0 Å². The van der Waals surface area contributed by atoms with Crippen molar-refractivity contribution < 1.29 is 5.11 Å². The van der Waals surface area contributed by atoms with Gasteiger partial charge in [-0.15, -0.1) is 6.58 Å².